The van der Waals surface area contributed by atoms with Gasteiger partial charge < -0.3 is 9.73 Å². The highest BCUT2D eigenvalue weighted by molar-refractivity contribution is 5.20. The van der Waals surface area contributed by atoms with E-state index in [1.807, 2.05) is 6.20 Å². The number of nitrogens with one attached hydrogen (secondary N) is 1. The molecule has 1 aliphatic carbocycles. The maximum absolute atomic E-state index is 5.64. The summed E-state index contributed by atoms with van der Waals surface area (Å²) < 4.78 is 5.64. The number of aryl methyl sites for hydroxylation is 1. The van der Waals surface area contributed by atoms with E-state index in [1.165, 1.54) is 31.2 Å². The molecule has 0 amide bonds. The summed E-state index contributed by atoms with van der Waals surface area (Å²) in [5.41, 5.74) is 1.50. The van der Waals surface area contributed by atoms with E-state index in [0.29, 0.717) is 6.04 Å². The molecule has 0 saturated heterocycles. The van der Waals surface area contributed by atoms with Gasteiger partial charge in [-0.2, -0.15) is 0 Å². The van der Waals surface area contributed by atoms with Crippen LogP contribution in [0.4, 0.5) is 0 Å². The Bertz CT molecular complexity index is 541. The molecule has 0 atom stereocenters. The van der Waals surface area contributed by atoms with Crippen molar-refractivity contribution in [2.24, 2.45) is 0 Å². The van der Waals surface area contributed by atoms with Crippen LogP contribution in [0.2, 0.25) is 0 Å². The molecule has 1 saturated carbocycles. The van der Waals surface area contributed by atoms with Gasteiger partial charge in [0, 0.05) is 12.5 Å². The molecule has 112 valence electrons. The fourth-order valence-electron chi connectivity index (χ4n) is 3.18. The van der Waals surface area contributed by atoms with Crippen LogP contribution >= 0.6 is 0 Å². The zero-order chi connectivity index (χ0) is 14.5. The molecular formula is C18H24N2O. The van der Waals surface area contributed by atoms with Crippen LogP contribution in [-0.2, 0) is 13.0 Å². The number of aromatic nitrogens is 1. The van der Waals surface area contributed by atoms with Crippen molar-refractivity contribution in [3.63, 3.8) is 0 Å². The van der Waals surface area contributed by atoms with Crippen molar-refractivity contribution in [3.8, 4) is 0 Å². The first-order valence-corrected chi connectivity index (χ1v) is 8.07. The number of nitrogens with zero attached hydrogens (tertiary/aromatic N) is 1. The predicted molar refractivity (Wildman–Crippen MR) is 84.2 cm³/mol. The largest absolute Gasteiger partial charge is 0.444 e. The fourth-order valence-corrected chi connectivity index (χ4v) is 3.18. The Kier molecular flexibility index (Phi) is 4.71. The number of hydrogen-bond donors (Lipinski definition) is 1. The summed E-state index contributed by atoms with van der Waals surface area (Å²) in [5.74, 6) is 2.52. The van der Waals surface area contributed by atoms with Crippen LogP contribution in [0.5, 0.6) is 0 Å². The minimum Gasteiger partial charge on any atom is -0.444 e. The van der Waals surface area contributed by atoms with E-state index in [2.05, 4.69) is 47.6 Å². The maximum atomic E-state index is 5.64. The molecule has 1 fully saturated rings. The monoisotopic (exact) mass is 284 g/mol. The van der Waals surface area contributed by atoms with Gasteiger partial charge in [0.15, 0.2) is 0 Å². The van der Waals surface area contributed by atoms with Gasteiger partial charge in [-0.1, -0.05) is 37.3 Å². The second-order valence-corrected chi connectivity index (χ2v) is 5.91. The van der Waals surface area contributed by atoms with Crippen molar-refractivity contribution < 1.29 is 4.42 Å². The van der Waals surface area contributed by atoms with Crippen molar-refractivity contribution in [3.05, 3.63) is 53.7 Å². The second-order valence-electron chi connectivity index (χ2n) is 5.91. The Hall–Kier alpha value is -1.61. The number of rotatable bonds is 5. The molecule has 0 bridgehead atoms. The van der Waals surface area contributed by atoms with Gasteiger partial charge in [-0.15, -0.1) is 0 Å². The van der Waals surface area contributed by atoms with Gasteiger partial charge in [-0.25, -0.2) is 4.98 Å². The van der Waals surface area contributed by atoms with E-state index in [0.717, 1.165) is 30.5 Å². The van der Waals surface area contributed by atoms with Crippen LogP contribution in [0.15, 0.2) is 40.9 Å². The summed E-state index contributed by atoms with van der Waals surface area (Å²) in [7, 11) is 0. The van der Waals surface area contributed by atoms with Crippen molar-refractivity contribution in [2.75, 3.05) is 0 Å². The number of hydrogen-bond acceptors (Lipinski definition) is 3. The maximum Gasteiger partial charge on any atom is 0.208 e. The molecule has 0 aliphatic heterocycles. The quantitative estimate of drug-likeness (QED) is 0.900. The Morgan fingerprint density at radius 2 is 1.90 bits per heavy atom. The van der Waals surface area contributed by atoms with Gasteiger partial charge in [0.05, 0.1) is 12.7 Å². The van der Waals surface area contributed by atoms with Gasteiger partial charge >= 0.3 is 0 Å². The average Bonchev–Trinajstić information content (AvgIpc) is 3.02. The first-order chi connectivity index (χ1) is 10.3. The van der Waals surface area contributed by atoms with E-state index in [4.69, 9.17) is 4.42 Å². The molecule has 0 unspecified atom stereocenters. The molecule has 0 radical (unpaired) electrons. The average molecular weight is 284 g/mol. The standard InChI is InChI=1S/C18H24N2O/c1-2-17-12-20-18(21-17)13-19-16-10-8-15(9-11-16)14-6-4-3-5-7-14/h3-7,12,15-16,19H,2,8-11,13H2,1H3. The Morgan fingerprint density at radius 3 is 2.57 bits per heavy atom. The molecule has 1 aliphatic rings. The predicted octanol–water partition coefficient (Wildman–Crippen LogP) is 4.05. The van der Waals surface area contributed by atoms with Crippen LogP contribution in [0.3, 0.4) is 0 Å². The second kappa shape index (κ2) is 6.90. The lowest BCUT2D eigenvalue weighted by atomic mass is 9.82. The molecule has 1 aromatic heterocycles. The molecule has 3 rings (SSSR count). The molecule has 2 aromatic rings. The Morgan fingerprint density at radius 1 is 1.14 bits per heavy atom. The van der Waals surface area contributed by atoms with Crippen LogP contribution in [-0.4, -0.2) is 11.0 Å². The summed E-state index contributed by atoms with van der Waals surface area (Å²) in [4.78, 5) is 4.30. The lowest BCUT2D eigenvalue weighted by Crippen LogP contribution is -2.32. The summed E-state index contributed by atoms with van der Waals surface area (Å²) in [6, 6.07) is 11.5. The summed E-state index contributed by atoms with van der Waals surface area (Å²) in [5, 5.41) is 3.59. The van der Waals surface area contributed by atoms with Crippen molar-refractivity contribution in [1.82, 2.24) is 10.3 Å². The molecule has 0 spiro atoms. The third kappa shape index (κ3) is 3.73. The van der Waals surface area contributed by atoms with Crippen molar-refractivity contribution in [1.29, 1.82) is 0 Å². The number of oxazole rings is 1. The molecule has 1 aromatic carbocycles. The van der Waals surface area contributed by atoms with Gasteiger partial charge in [0.1, 0.15) is 5.76 Å². The third-order valence-electron chi connectivity index (χ3n) is 4.49. The summed E-state index contributed by atoms with van der Waals surface area (Å²) in [6.45, 7) is 2.84. The molecular weight excluding hydrogens is 260 g/mol. The summed E-state index contributed by atoms with van der Waals surface area (Å²) >= 11 is 0. The SMILES string of the molecule is CCc1cnc(CNC2CCC(c3ccccc3)CC2)o1. The number of benzene rings is 1. The van der Waals surface area contributed by atoms with Gasteiger partial charge in [-0.05, 0) is 37.2 Å². The van der Waals surface area contributed by atoms with E-state index in [9.17, 15) is 0 Å². The van der Waals surface area contributed by atoms with Crippen molar-refractivity contribution >= 4 is 0 Å². The zero-order valence-corrected chi connectivity index (χ0v) is 12.7. The topological polar surface area (TPSA) is 38.1 Å². The van der Waals surface area contributed by atoms with Gasteiger partial charge in [0.2, 0.25) is 5.89 Å². The van der Waals surface area contributed by atoms with E-state index in [-0.39, 0.29) is 0 Å². The van der Waals surface area contributed by atoms with E-state index < -0.39 is 0 Å². The third-order valence-corrected chi connectivity index (χ3v) is 4.49. The fraction of sp³-hybridized carbons (Fsp3) is 0.500. The van der Waals surface area contributed by atoms with Crippen LogP contribution in [0, 0.1) is 0 Å². The molecule has 21 heavy (non-hydrogen) atoms. The minimum absolute atomic E-state index is 0.599. The van der Waals surface area contributed by atoms with Crippen LogP contribution < -0.4 is 5.32 Å². The highest BCUT2D eigenvalue weighted by Crippen LogP contribution is 2.32. The van der Waals surface area contributed by atoms with Gasteiger partial charge in [-0.3, -0.25) is 0 Å². The Balaban J connectivity index is 1.45. The lowest BCUT2D eigenvalue weighted by molar-refractivity contribution is 0.326. The smallest absolute Gasteiger partial charge is 0.208 e. The zero-order valence-electron chi connectivity index (χ0n) is 12.7. The highest BCUT2D eigenvalue weighted by Gasteiger charge is 2.22. The first kappa shape index (κ1) is 14.3. The van der Waals surface area contributed by atoms with E-state index >= 15 is 0 Å². The minimum atomic E-state index is 0.599. The molecule has 1 N–H and O–H groups in total. The molecule has 1 heterocycles. The summed E-state index contributed by atoms with van der Waals surface area (Å²) in [6.07, 6.45) is 7.77. The van der Waals surface area contributed by atoms with Gasteiger partial charge in [0.25, 0.3) is 0 Å². The normalized spacial score (nSPS) is 22.3. The molecule has 3 nitrogen and oxygen atoms in total. The first-order valence-electron chi connectivity index (χ1n) is 8.07. The van der Waals surface area contributed by atoms with Crippen LogP contribution in [0.25, 0.3) is 0 Å². The Labute approximate surface area is 126 Å². The van der Waals surface area contributed by atoms with E-state index in [1.54, 1.807) is 0 Å². The van der Waals surface area contributed by atoms with Crippen molar-refractivity contribution in [2.45, 2.75) is 57.5 Å². The van der Waals surface area contributed by atoms with Crippen LogP contribution in [0.1, 0.15) is 55.7 Å². The highest BCUT2D eigenvalue weighted by atomic mass is 16.4. The lowest BCUT2D eigenvalue weighted by Gasteiger charge is -2.29. The molecule has 3 heteroatoms.